The molecule has 8 heteroatoms. The van der Waals surface area contributed by atoms with Gasteiger partial charge in [-0.2, -0.15) is 0 Å². The monoisotopic (exact) mass is 480 g/mol. The minimum atomic E-state index is -0.474. The number of nitrogens with one attached hydrogen (secondary N) is 2. The summed E-state index contributed by atoms with van der Waals surface area (Å²) < 4.78 is 5.32. The third-order valence-corrected chi connectivity index (χ3v) is 4.82. The zero-order valence-electron chi connectivity index (χ0n) is 15.6. The Kier molecular flexibility index (Phi) is 8.46. The summed E-state index contributed by atoms with van der Waals surface area (Å²) in [6.07, 6.45) is 0.532. The van der Waals surface area contributed by atoms with Crippen molar-refractivity contribution in [1.82, 2.24) is 15.5 Å². The molecule has 1 fully saturated rings. The Hall–Kier alpha value is -1.03. The second-order valence-electron chi connectivity index (χ2n) is 7.01. The summed E-state index contributed by atoms with van der Waals surface area (Å²) in [4.78, 5) is 19.7. The van der Waals surface area contributed by atoms with Crippen LogP contribution in [0, 0.1) is 6.92 Å². The van der Waals surface area contributed by atoms with E-state index in [0.717, 1.165) is 32.0 Å². The molecule has 2 N–H and O–H groups in total. The van der Waals surface area contributed by atoms with E-state index < -0.39 is 5.60 Å². The molecule has 142 valence electrons. The van der Waals surface area contributed by atoms with Gasteiger partial charge in [0, 0.05) is 25.0 Å². The van der Waals surface area contributed by atoms with Crippen molar-refractivity contribution in [3.63, 3.8) is 0 Å². The first kappa shape index (κ1) is 22.0. The van der Waals surface area contributed by atoms with E-state index in [0.29, 0.717) is 0 Å². The second-order valence-corrected chi connectivity index (χ2v) is 8.01. The van der Waals surface area contributed by atoms with E-state index in [1.165, 1.54) is 10.4 Å². The summed E-state index contributed by atoms with van der Waals surface area (Å²) in [5, 5.41) is 8.45. The van der Waals surface area contributed by atoms with Crippen LogP contribution in [-0.2, 0) is 11.3 Å². The maximum atomic E-state index is 11.9. The standard InChI is InChI=1S/C17H28N4O2S.HI/c1-12-7-9-24-14(12)10-19-15(18-5)21-8-6-13(11-21)20-16(22)23-17(2,3)4;/h7,9,13H,6,8,10-11H2,1-5H3,(H,18,19)(H,20,22);1H. The second kappa shape index (κ2) is 9.61. The average Bonchev–Trinajstić information content (AvgIpc) is 3.07. The van der Waals surface area contributed by atoms with E-state index in [9.17, 15) is 4.79 Å². The topological polar surface area (TPSA) is 66.0 Å². The number of aliphatic imine (C=N–C) groups is 1. The Morgan fingerprint density at radius 2 is 2.20 bits per heavy atom. The van der Waals surface area contributed by atoms with Gasteiger partial charge < -0.3 is 20.3 Å². The van der Waals surface area contributed by atoms with E-state index >= 15 is 0 Å². The van der Waals surface area contributed by atoms with E-state index in [1.807, 2.05) is 20.8 Å². The van der Waals surface area contributed by atoms with E-state index in [4.69, 9.17) is 4.74 Å². The molecule has 0 bridgehead atoms. The highest BCUT2D eigenvalue weighted by Crippen LogP contribution is 2.16. The molecule has 25 heavy (non-hydrogen) atoms. The number of likely N-dealkylation sites (tertiary alicyclic amines) is 1. The average molecular weight is 480 g/mol. The molecule has 1 amide bonds. The fourth-order valence-electron chi connectivity index (χ4n) is 2.62. The maximum absolute atomic E-state index is 11.9. The number of ether oxygens (including phenoxy) is 1. The molecular weight excluding hydrogens is 451 g/mol. The highest BCUT2D eigenvalue weighted by molar-refractivity contribution is 14.0. The summed E-state index contributed by atoms with van der Waals surface area (Å²) in [6.45, 7) is 10.1. The fourth-order valence-corrected chi connectivity index (χ4v) is 3.47. The number of hydrogen-bond donors (Lipinski definition) is 2. The predicted octanol–water partition coefficient (Wildman–Crippen LogP) is 3.35. The van der Waals surface area contributed by atoms with Crippen LogP contribution < -0.4 is 10.6 Å². The van der Waals surface area contributed by atoms with Crippen LogP contribution in [0.4, 0.5) is 4.79 Å². The Morgan fingerprint density at radius 3 is 2.76 bits per heavy atom. The van der Waals surface area contributed by atoms with E-state index in [2.05, 4.69) is 38.9 Å². The molecule has 6 nitrogen and oxygen atoms in total. The number of alkyl carbamates (subject to hydrolysis) is 1. The number of hydrogen-bond acceptors (Lipinski definition) is 4. The van der Waals surface area contributed by atoms with Gasteiger partial charge in [0.15, 0.2) is 5.96 Å². The third-order valence-electron chi connectivity index (χ3n) is 3.80. The van der Waals surface area contributed by atoms with Crippen molar-refractivity contribution >= 4 is 47.4 Å². The Morgan fingerprint density at radius 1 is 1.48 bits per heavy atom. The normalized spacial score (nSPS) is 17.9. The van der Waals surface area contributed by atoms with Crippen LogP contribution in [0.15, 0.2) is 16.4 Å². The number of halogens is 1. The van der Waals surface area contributed by atoms with Gasteiger partial charge in [-0.1, -0.05) is 0 Å². The van der Waals surface area contributed by atoms with Gasteiger partial charge in [0.1, 0.15) is 5.60 Å². The van der Waals surface area contributed by atoms with Crippen LogP contribution in [0.3, 0.4) is 0 Å². The van der Waals surface area contributed by atoms with Crippen molar-refractivity contribution in [2.45, 2.75) is 52.3 Å². The highest BCUT2D eigenvalue weighted by atomic mass is 127. The number of aryl methyl sites for hydroxylation is 1. The van der Waals surface area contributed by atoms with E-state index in [-0.39, 0.29) is 36.1 Å². The van der Waals surface area contributed by atoms with Gasteiger partial charge in [0.2, 0.25) is 0 Å². The van der Waals surface area contributed by atoms with Gasteiger partial charge in [0.05, 0.1) is 12.6 Å². The summed E-state index contributed by atoms with van der Waals surface area (Å²) in [5.41, 5.74) is 0.826. The molecule has 0 aromatic carbocycles. The van der Waals surface area contributed by atoms with Crippen LogP contribution in [0.2, 0.25) is 0 Å². The van der Waals surface area contributed by atoms with Gasteiger partial charge in [-0.05, 0) is 51.1 Å². The van der Waals surface area contributed by atoms with Crippen LogP contribution in [0.25, 0.3) is 0 Å². The lowest BCUT2D eigenvalue weighted by atomic mass is 10.2. The fraction of sp³-hybridized carbons (Fsp3) is 0.647. The van der Waals surface area contributed by atoms with Crippen LogP contribution in [-0.4, -0.2) is 48.7 Å². The van der Waals surface area contributed by atoms with E-state index in [1.54, 1.807) is 18.4 Å². The zero-order valence-corrected chi connectivity index (χ0v) is 18.7. The first-order chi connectivity index (χ1) is 11.3. The Bertz CT molecular complexity index is 598. The molecule has 1 aromatic rings. The number of thiophene rings is 1. The van der Waals surface area contributed by atoms with Crippen molar-refractivity contribution in [2.75, 3.05) is 20.1 Å². The SMILES string of the molecule is CN=C(NCc1sccc1C)N1CCC(NC(=O)OC(C)(C)C)C1.I. The molecule has 1 aliphatic heterocycles. The summed E-state index contributed by atoms with van der Waals surface area (Å²) in [7, 11) is 1.79. The lowest BCUT2D eigenvalue weighted by Crippen LogP contribution is -2.44. The van der Waals surface area contributed by atoms with Crippen molar-refractivity contribution in [3.05, 3.63) is 21.9 Å². The molecule has 1 atom stereocenters. The van der Waals surface area contributed by atoms with Gasteiger partial charge in [-0.3, -0.25) is 4.99 Å². The molecule has 1 saturated heterocycles. The molecule has 0 spiro atoms. The molecule has 1 aromatic heterocycles. The smallest absolute Gasteiger partial charge is 0.407 e. The summed E-state index contributed by atoms with van der Waals surface area (Å²) in [5.74, 6) is 0.872. The Labute approximate surface area is 171 Å². The third kappa shape index (κ3) is 7.01. The van der Waals surface area contributed by atoms with Crippen molar-refractivity contribution in [3.8, 4) is 0 Å². The number of carbonyl (C=O) groups is 1. The van der Waals surface area contributed by atoms with Gasteiger partial charge in [0.25, 0.3) is 0 Å². The largest absolute Gasteiger partial charge is 0.444 e. The number of guanidine groups is 1. The highest BCUT2D eigenvalue weighted by Gasteiger charge is 2.27. The van der Waals surface area contributed by atoms with Gasteiger partial charge >= 0.3 is 6.09 Å². The van der Waals surface area contributed by atoms with Crippen LogP contribution >= 0.6 is 35.3 Å². The van der Waals surface area contributed by atoms with Gasteiger partial charge in [-0.15, -0.1) is 35.3 Å². The maximum Gasteiger partial charge on any atom is 0.407 e. The molecular formula is C17H29IN4O2S. The number of nitrogens with zero attached hydrogens (tertiary/aromatic N) is 2. The van der Waals surface area contributed by atoms with Crippen molar-refractivity contribution in [2.24, 2.45) is 4.99 Å². The quantitative estimate of drug-likeness (QED) is 0.396. The van der Waals surface area contributed by atoms with Crippen LogP contribution in [0.1, 0.15) is 37.6 Å². The first-order valence-corrected chi connectivity index (χ1v) is 9.14. The zero-order chi connectivity index (χ0) is 17.7. The molecule has 0 aliphatic carbocycles. The minimum Gasteiger partial charge on any atom is -0.444 e. The van der Waals surface area contributed by atoms with Crippen molar-refractivity contribution < 1.29 is 9.53 Å². The molecule has 1 aliphatic rings. The van der Waals surface area contributed by atoms with Crippen LogP contribution in [0.5, 0.6) is 0 Å². The molecule has 0 radical (unpaired) electrons. The minimum absolute atomic E-state index is 0. The first-order valence-electron chi connectivity index (χ1n) is 8.26. The predicted molar refractivity (Wildman–Crippen MR) is 114 cm³/mol. The summed E-state index contributed by atoms with van der Waals surface area (Å²) >= 11 is 1.75. The molecule has 0 saturated carbocycles. The lowest BCUT2D eigenvalue weighted by Gasteiger charge is -2.23. The molecule has 2 heterocycles. The Balaban J connectivity index is 0.00000312. The number of carbonyl (C=O) groups excluding carboxylic acids is 1. The number of amides is 1. The van der Waals surface area contributed by atoms with Crippen molar-refractivity contribution in [1.29, 1.82) is 0 Å². The number of rotatable bonds is 3. The molecule has 1 unspecified atom stereocenters. The van der Waals surface area contributed by atoms with Gasteiger partial charge in [-0.25, -0.2) is 4.79 Å². The lowest BCUT2D eigenvalue weighted by molar-refractivity contribution is 0.0507. The summed E-state index contributed by atoms with van der Waals surface area (Å²) in [6, 6.07) is 2.21. The molecule has 2 rings (SSSR count).